The first-order valence-electron chi connectivity index (χ1n) is 8.45. The third kappa shape index (κ3) is 4.61. The monoisotopic (exact) mass is 382 g/mol. The van der Waals surface area contributed by atoms with E-state index in [0.29, 0.717) is 23.6 Å². The minimum Gasteiger partial charge on any atom is -0.480 e. The number of amides is 2. The highest BCUT2D eigenvalue weighted by Gasteiger charge is 2.12. The van der Waals surface area contributed by atoms with Gasteiger partial charge in [-0.1, -0.05) is 6.07 Å². The van der Waals surface area contributed by atoms with Crippen molar-refractivity contribution in [3.8, 4) is 0 Å². The Morgan fingerprint density at radius 2 is 1.79 bits per heavy atom. The first kappa shape index (κ1) is 18.8. The molecule has 3 rings (SSSR count). The molecule has 0 unspecified atom stereocenters. The number of carbonyl (C=O) groups excluding carboxylic acids is 2. The van der Waals surface area contributed by atoms with Crippen LogP contribution in [0.4, 0.5) is 11.4 Å². The SMILES string of the molecule is CCn1ccc(C(=O)Nc2cccc(NC(=O)c3cnn(CC(=O)O)c3)c2)n1. The van der Waals surface area contributed by atoms with Crippen LogP contribution in [0.2, 0.25) is 0 Å². The molecule has 2 amide bonds. The van der Waals surface area contributed by atoms with E-state index in [0.717, 1.165) is 4.68 Å². The molecule has 10 heteroatoms. The summed E-state index contributed by atoms with van der Waals surface area (Å²) in [6.45, 7) is 2.26. The smallest absolute Gasteiger partial charge is 0.325 e. The molecule has 1 aromatic carbocycles. The predicted octanol–water partition coefficient (Wildman–Crippen LogP) is 1.69. The second-order valence-electron chi connectivity index (χ2n) is 5.87. The van der Waals surface area contributed by atoms with Crippen LogP contribution < -0.4 is 10.6 Å². The number of aryl methyl sites for hydroxylation is 1. The van der Waals surface area contributed by atoms with Crippen molar-refractivity contribution in [2.45, 2.75) is 20.0 Å². The Morgan fingerprint density at radius 3 is 2.43 bits per heavy atom. The highest BCUT2D eigenvalue weighted by atomic mass is 16.4. The van der Waals surface area contributed by atoms with Crippen LogP contribution in [-0.2, 0) is 17.9 Å². The quantitative estimate of drug-likeness (QED) is 0.570. The van der Waals surface area contributed by atoms with Gasteiger partial charge in [0.2, 0.25) is 0 Å². The number of carboxylic acid groups (broad SMARTS) is 1. The number of aliphatic carboxylic acids is 1. The molecular weight excluding hydrogens is 364 g/mol. The van der Waals surface area contributed by atoms with E-state index >= 15 is 0 Å². The van der Waals surface area contributed by atoms with Gasteiger partial charge in [0.25, 0.3) is 11.8 Å². The van der Waals surface area contributed by atoms with Crippen molar-refractivity contribution >= 4 is 29.2 Å². The first-order chi connectivity index (χ1) is 13.4. The summed E-state index contributed by atoms with van der Waals surface area (Å²) in [6, 6.07) is 8.27. The van der Waals surface area contributed by atoms with E-state index in [2.05, 4.69) is 20.8 Å². The Balaban J connectivity index is 1.65. The molecule has 0 aliphatic heterocycles. The van der Waals surface area contributed by atoms with Crippen molar-refractivity contribution in [3.05, 3.63) is 60.2 Å². The number of hydrogen-bond donors (Lipinski definition) is 3. The topological polar surface area (TPSA) is 131 Å². The van der Waals surface area contributed by atoms with Crippen LogP contribution in [0.3, 0.4) is 0 Å². The highest BCUT2D eigenvalue weighted by Crippen LogP contribution is 2.17. The Hall–Kier alpha value is -3.95. The van der Waals surface area contributed by atoms with Crippen LogP contribution in [-0.4, -0.2) is 42.5 Å². The van der Waals surface area contributed by atoms with Crippen LogP contribution in [0.1, 0.15) is 27.8 Å². The summed E-state index contributed by atoms with van der Waals surface area (Å²) in [5.74, 6) is -1.85. The minimum atomic E-state index is -1.05. The number of anilines is 2. The van der Waals surface area contributed by atoms with Crippen molar-refractivity contribution in [1.82, 2.24) is 19.6 Å². The maximum absolute atomic E-state index is 12.3. The maximum Gasteiger partial charge on any atom is 0.325 e. The van der Waals surface area contributed by atoms with Crippen LogP contribution in [0.25, 0.3) is 0 Å². The van der Waals surface area contributed by atoms with E-state index in [4.69, 9.17) is 5.11 Å². The molecule has 28 heavy (non-hydrogen) atoms. The van der Waals surface area contributed by atoms with Gasteiger partial charge in [-0.2, -0.15) is 10.2 Å². The summed E-state index contributed by atoms with van der Waals surface area (Å²) >= 11 is 0. The van der Waals surface area contributed by atoms with Crippen LogP contribution in [0.15, 0.2) is 48.9 Å². The predicted molar refractivity (Wildman–Crippen MR) is 100 cm³/mol. The van der Waals surface area contributed by atoms with E-state index in [1.807, 2.05) is 6.92 Å². The van der Waals surface area contributed by atoms with Gasteiger partial charge in [-0.05, 0) is 31.2 Å². The average molecular weight is 382 g/mol. The largest absolute Gasteiger partial charge is 0.480 e. The first-order valence-corrected chi connectivity index (χ1v) is 8.45. The van der Waals surface area contributed by atoms with Crippen LogP contribution in [0, 0.1) is 0 Å². The molecule has 144 valence electrons. The van der Waals surface area contributed by atoms with Gasteiger partial charge in [0.1, 0.15) is 6.54 Å². The molecule has 0 bridgehead atoms. The van der Waals surface area contributed by atoms with E-state index in [1.165, 1.54) is 12.4 Å². The zero-order valence-electron chi connectivity index (χ0n) is 15.0. The van der Waals surface area contributed by atoms with Gasteiger partial charge >= 0.3 is 5.97 Å². The second-order valence-corrected chi connectivity index (χ2v) is 5.87. The second kappa shape index (κ2) is 8.16. The number of nitrogens with zero attached hydrogens (tertiary/aromatic N) is 4. The van der Waals surface area contributed by atoms with Crippen LogP contribution in [0.5, 0.6) is 0 Å². The van der Waals surface area contributed by atoms with E-state index in [9.17, 15) is 14.4 Å². The molecule has 0 atom stereocenters. The molecule has 2 heterocycles. The fourth-order valence-corrected chi connectivity index (χ4v) is 2.44. The number of carbonyl (C=O) groups is 3. The molecular formula is C18H18N6O4. The molecule has 10 nitrogen and oxygen atoms in total. The van der Waals surface area contributed by atoms with E-state index in [-0.39, 0.29) is 18.0 Å². The fraction of sp³-hybridized carbons (Fsp3) is 0.167. The molecule has 0 saturated carbocycles. The Kier molecular flexibility index (Phi) is 5.49. The zero-order chi connectivity index (χ0) is 20.1. The number of hydrogen-bond acceptors (Lipinski definition) is 5. The molecule has 3 N–H and O–H groups in total. The summed E-state index contributed by atoms with van der Waals surface area (Å²) in [5.41, 5.74) is 1.48. The van der Waals surface area contributed by atoms with Gasteiger partial charge in [-0.3, -0.25) is 23.7 Å². The average Bonchev–Trinajstić information content (AvgIpc) is 3.31. The van der Waals surface area contributed by atoms with Crippen molar-refractivity contribution < 1.29 is 19.5 Å². The molecule has 0 aliphatic rings. The number of aromatic nitrogens is 4. The number of rotatable bonds is 7. The van der Waals surface area contributed by atoms with E-state index in [1.54, 1.807) is 41.2 Å². The third-order valence-corrected chi connectivity index (χ3v) is 3.77. The van der Waals surface area contributed by atoms with Gasteiger partial charge in [0.05, 0.1) is 11.8 Å². The Labute approximate surface area is 159 Å². The van der Waals surface area contributed by atoms with Gasteiger partial charge in [0, 0.05) is 30.3 Å². The third-order valence-electron chi connectivity index (χ3n) is 3.77. The number of carboxylic acids is 1. The lowest BCUT2D eigenvalue weighted by molar-refractivity contribution is -0.137. The Bertz CT molecular complexity index is 1020. The Morgan fingerprint density at radius 1 is 1.07 bits per heavy atom. The van der Waals surface area contributed by atoms with Gasteiger partial charge in [-0.15, -0.1) is 0 Å². The maximum atomic E-state index is 12.3. The highest BCUT2D eigenvalue weighted by molar-refractivity contribution is 6.05. The standard InChI is InChI=1S/C18H18N6O4/c1-2-23-7-6-15(22-23)18(28)21-14-5-3-4-13(8-14)20-17(27)12-9-19-24(10-12)11-16(25)26/h3-10H,2,11H2,1H3,(H,20,27)(H,21,28)(H,25,26). The van der Waals surface area contributed by atoms with Gasteiger partial charge < -0.3 is 15.7 Å². The molecule has 0 fully saturated rings. The summed E-state index contributed by atoms with van der Waals surface area (Å²) in [7, 11) is 0. The fourth-order valence-electron chi connectivity index (χ4n) is 2.44. The number of nitrogens with one attached hydrogen (secondary N) is 2. The van der Waals surface area contributed by atoms with Crippen molar-refractivity contribution in [2.24, 2.45) is 0 Å². The normalized spacial score (nSPS) is 10.5. The summed E-state index contributed by atoms with van der Waals surface area (Å²) < 4.78 is 2.80. The van der Waals surface area contributed by atoms with Gasteiger partial charge in [0.15, 0.2) is 5.69 Å². The summed E-state index contributed by atoms with van der Waals surface area (Å²) in [5, 5.41) is 22.1. The van der Waals surface area contributed by atoms with Crippen molar-refractivity contribution in [3.63, 3.8) is 0 Å². The molecule has 2 aromatic heterocycles. The van der Waals surface area contributed by atoms with Crippen LogP contribution >= 0.6 is 0 Å². The zero-order valence-corrected chi connectivity index (χ0v) is 15.0. The molecule has 0 radical (unpaired) electrons. The van der Waals surface area contributed by atoms with E-state index < -0.39 is 11.9 Å². The molecule has 0 saturated heterocycles. The molecule has 3 aromatic rings. The minimum absolute atomic E-state index is 0.223. The molecule has 0 aliphatic carbocycles. The number of benzene rings is 1. The van der Waals surface area contributed by atoms with Gasteiger partial charge in [-0.25, -0.2) is 0 Å². The lowest BCUT2D eigenvalue weighted by atomic mass is 10.2. The summed E-state index contributed by atoms with van der Waals surface area (Å²) in [6.07, 6.45) is 4.35. The lowest BCUT2D eigenvalue weighted by Gasteiger charge is -2.07. The van der Waals surface area contributed by atoms with Crippen molar-refractivity contribution in [2.75, 3.05) is 10.6 Å². The summed E-state index contributed by atoms with van der Waals surface area (Å²) in [4.78, 5) is 35.2. The molecule has 0 spiro atoms. The van der Waals surface area contributed by atoms with Crippen molar-refractivity contribution in [1.29, 1.82) is 0 Å². The lowest BCUT2D eigenvalue weighted by Crippen LogP contribution is -2.14.